The lowest BCUT2D eigenvalue weighted by Gasteiger charge is -2.09. The normalized spacial score (nSPS) is 11.1. The minimum absolute atomic E-state index is 0.147. The smallest absolute Gasteiger partial charge is 0.251 e. The van der Waals surface area contributed by atoms with E-state index in [2.05, 4.69) is 11.9 Å². The van der Waals surface area contributed by atoms with Crippen LogP contribution >= 0.6 is 0 Å². The molecule has 4 nitrogen and oxygen atoms in total. The van der Waals surface area contributed by atoms with Gasteiger partial charge in [-0.05, 0) is 31.5 Å². The average Bonchev–Trinajstić information content (AvgIpc) is 2.24. The van der Waals surface area contributed by atoms with Crippen LogP contribution in [-0.2, 0) is 9.84 Å². The van der Waals surface area contributed by atoms with Crippen LogP contribution in [0.15, 0.2) is 35.2 Å². The minimum atomic E-state index is -3.30. The maximum atomic E-state index is 11.9. The zero-order chi connectivity index (χ0) is 13.9. The van der Waals surface area contributed by atoms with Crippen molar-refractivity contribution in [1.82, 2.24) is 5.32 Å². The van der Waals surface area contributed by atoms with Gasteiger partial charge in [-0.2, -0.15) is 0 Å². The molecule has 1 aromatic rings. The molecule has 1 amide bonds. The molecule has 0 saturated heterocycles. The number of benzene rings is 1. The summed E-state index contributed by atoms with van der Waals surface area (Å²) in [5, 5.41) is 2.68. The first-order valence-electron chi connectivity index (χ1n) is 5.45. The molecule has 1 rings (SSSR count). The molecule has 0 spiro atoms. The van der Waals surface area contributed by atoms with Gasteiger partial charge in [0, 0.05) is 18.4 Å². The topological polar surface area (TPSA) is 63.2 Å². The summed E-state index contributed by atoms with van der Waals surface area (Å²) in [6, 6.07) is 4.53. The molecule has 0 unspecified atom stereocenters. The van der Waals surface area contributed by atoms with E-state index in [9.17, 15) is 13.2 Å². The third-order valence-corrected chi connectivity index (χ3v) is 3.54. The molecule has 1 N–H and O–H groups in total. The Morgan fingerprint density at radius 3 is 2.50 bits per heavy atom. The van der Waals surface area contributed by atoms with Gasteiger partial charge < -0.3 is 5.32 Å². The van der Waals surface area contributed by atoms with Crippen LogP contribution < -0.4 is 5.32 Å². The van der Waals surface area contributed by atoms with E-state index in [1.54, 1.807) is 19.9 Å². The zero-order valence-corrected chi connectivity index (χ0v) is 11.6. The molecule has 5 heteroatoms. The van der Waals surface area contributed by atoms with Crippen molar-refractivity contribution in [2.75, 3.05) is 12.8 Å². The maximum absolute atomic E-state index is 11.9. The van der Waals surface area contributed by atoms with Crippen molar-refractivity contribution in [3.8, 4) is 0 Å². The second-order valence-electron chi connectivity index (χ2n) is 4.39. The highest BCUT2D eigenvalue weighted by Gasteiger charge is 2.13. The molecule has 0 aromatic heterocycles. The predicted octanol–water partition coefficient (Wildman–Crippen LogP) is 1.70. The highest BCUT2D eigenvalue weighted by molar-refractivity contribution is 7.90. The Hall–Kier alpha value is -1.62. The first-order chi connectivity index (χ1) is 8.21. The van der Waals surface area contributed by atoms with Gasteiger partial charge in [-0.25, -0.2) is 8.42 Å². The van der Waals surface area contributed by atoms with Crippen LogP contribution in [-0.4, -0.2) is 27.1 Å². The summed E-state index contributed by atoms with van der Waals surface area (Å²) >= 11 is 0. The molecule has 0 radical (unpaired) electrons. The number of amides is 1. The van der Waals surface area contributed by atoms with E-state index in [1.807, 2.05) is 0 Å². The molecular formula is C13H17NO3S. The molecule has 0 heterocycles. The van der Waals surface area contributed by atoms with Gasteiger partial charge in [0.1, 0.15) is 0 Å². The quantitative estimate of drug-likeness (QED) is 0.845. The molecular weight excluding hydrogens is 250 g/mol. The molecule has 0 bridgehead atoms. The molecule has 1 aromatic carbocycles. The summed E-state index contributed by atoms with van der Waals surface area (Å²) in [6.07, 6.45) is 1.12. The molecule has 0 atom stereocenters. The Morgan fingerprint density at radius 1 is 1.39 bits per heavy atom. The summed E-state index contributed by atoms with van der Waals surface area (Å²) < 4.78 is 22.9. The average molecular weight is 267 g/mol. The summed E-state index contributed by atoms with van der Waals surface area (Å²) in [7, 11) is -3.30. The number of carbonyl (C=O) groups excluding carboxylic acids is 1. The van der Waals surface area contributed by atoms with Gasteiger partial charge in [0.25, 0.3) is 5.91 Å². The Balaban J connectivity index is 3.08. The van der Waals surface area contributed by atoms with Crippen LogP contribution in [0.5, 0.6) is 0 Å². The van der Waals surface area contributed by atoms with Gasteiger partial charge in [-0.15, -0.1) is 0 Å². The van der Waals surface area contributed by atoms with E-state index in [1.165, 1.54) is 12.1 Å². The number of aryl methyl sites for hydroxylation is 1. The fourth-order valence-electron chi connectivity index (χ4n) is 1.40. The van der Waals surface area contributed by atoms with Crippen molar-refractivity contribution in [3.63, 3.8) is 0 Å². The van der Waals surface area contributed by atoms with Gasteiger partial charge in [-0.3, -0.25) is 4.79 Å². The molecule has 98 valence electrons. The Morgan fingerprint density at radius 2 is 2.00 bits per heavy atom. The summed E-state index contributed by atoms with van der Waals surface area (Å²) in [5.74, 6) is -0.291. The highest BCUT2D eigenvalue weighted by Crippen LogP contribution is 2.15. The van der Waals surface area contributed by atoms with Crippen LogP contribution in [0.4, 0.5) is 0 Å². The van der Waals surface area contributed by atoms with Crippen molar-refractivity contribution in [2.24, 2.45) is 0 Å². The van der Waals surface area contributed by atoms with E-state index >= 15 is 0 Å². The number of carbonyl (C=O) groups is 1. The fraction of sp³-hybridized carbons (Fsp3) is 0.308. The van der Waals surface area contributed by atoms with Crippen molar-refractivity contribution in [1.29, 1.82) is 0 Å². The lowest BCUT2D eigenvalue weighted by atomic mass is 10.1. The first kappa shape index (κ1) is 14.4. The zero-order valence-electron chi connectivity index (χ0n) is 10.8. The monoisotopic (exact) mass is 267 g/mol. The first-order valence-corrected chi connectivity index (χ1v) is 7.34. The Kier molecular flexibility index (Phi) is 4.29. The van der Waals surface area contributed by atoms with Crippen molar-refractivity contribution in [2.45, 2.75) is 18.7 Å². The van der Waals surface area contributed by atoms with E-state index in [0.29, 0.717) is 12.1 Å². The van der Waals surface area contributed by atoms with Gasteiger partial charge in [0.15, 0.2) is 9.84 Å². The van der Waals surface area contributed by atoms with E-state index in [4.69, 9.17) is 0 Å². The predicted molar refractivity (Wildman–Crippen MR) is 71.4 cm³/mol. The van der Waals surface area contributed by atoms with Crippen LogP contribution in [0, 0.1) is 6.92 Å². The van der Waals surface area contributed by atoms with Crippen LogP contribution in [0.2, 0.25) is 0 Å². The van der Waals surface area contributed by atoms with Crippen molar-refractivity contribution in [3.05, 3.63) is 41.5 Å². The second kappa shape index (κ2) is 5.35. The SMILES string of the molecule is C=C(C)CNC(=O)c1cc(S(C)(=O)=O)ccc1C. The van der Waals surface area contributed by atoms with E-state index < -0.39 is 9.84 Å². The molecule has 0 saturated carbocycles. The third-order valence-electron chi connectivity index (χ3n) is 2.43. The molecule has 0 fully saturated rings. The van der Waals surface area contributed by atoms with Crippen molar-refractivity contribution >= 4 is 15.7 Å². The third kappa shape index (κ3) is 3.70. The second-order valence-corrected chi connectivity index (χ2v) is 6.40. The summed E-state index contributed by atoms with van der Waals surface area (Å²) in [4.78, 5) is 12.0. The molecule has 18 heavy (non-hydrogen) atoms. The maximum Gasteiger partial charge on any atom is 0.251 e. The number of hydrogen-bond donors (Lipinski definition) is 1. The summed E-state index contributed by atoms with van der Waals surface area (Å²) in [6.45, 7) is 7.64. The van der Waals surface area contributed by atoms with Crippen LogP contribution in [0.3, 0.4) is 0 Å². The lowest BCUT2D eigenvalue weighted by molar-refractivity contribution is 0.0956. The Bertz CT molecular complexity index is 588. The largest absolute Gasteiger partial charge is 0.348 e. The summed E-state index contributed by atoms with van der Waals surface area (Å²) in [5.41, 5.74) is 1.95. The van der Waals surface area contributed by atoms with Gasteiger partial charge >= 0.3 is 0 Å². The lowest BCUT2D eigenvalue weighted by Crippen LogP contribution is -2.25. The fourth-order valence-corrected chi connectivity index (χ4v) is 2.05. The minimum Gasteiger partial charge on any atom is -0.348 e. The van der Waals surface area contributed by atoms with E-state index in [0.717, 1.165) is 17.4 Å². The van der Waals surface area contributed by atoms with Gasteiger partial charge in [0.05, 0.1) is 4.90 Å². The van der Waals surface area contributed by atoms with E-state index in [-0.39, 0.29) is 10.8 Å². The molecule has 0 aliphatic heterocycles. The van der Waals surface area contributed by atoms with Crippen molar-refractivity contribution < 1.29 is 13.2 Å². The van der Waals surface area contributed by atoms with Gasteiger partial charge in [0.2, 0.25) is 0 Å². The number of sulfone groups is 1. The molecule has 0 aliphatic carbocycles. The van der Waals surface area contributed by atoms with Crippen LogP contribution in [0.1, 0.15) is 22.8 Å². The van der Waals surface area contributed by atoms with Gasteiger partial charge in [-0.1, -0.05) is 18.2 Å². The number of hydrogen-bond acceptors (Lipinski definition) is 3. The van der Waals surface area contributed by atoms with Crippen LogP contribution in [0.25, 0.3) is 0 Å². The highest BCUT2D eigenvalue weighted by atomic mass is 32.2. The molecule has 0 aliphatic rings. The Labute approximate surface area is 108 Å². The standard InChI is InChI=1S/C13H17NO3S/c1-9(2)8-14-13(15)12-7-11(18(4,16)17)6-5-10(12)3/h5-7H,1,8H2,2-4H3,(H,14,15). The number of rotatable bonds is 4. The number of nitrogens with one attached hydrogen (secondary N) is 1.